The standard InChI is InChI=1S/C13H13F3N4O2S/c1-2-4-10-18-19-12(23-10)17-9(21)7-20-6-3-5-8(11(20)22)13(14,15)16/h3,5-6H,2,4,7H2,1H3,(H,17,19,21). The summed E-state index contributed by atoms with van der Waals surface area (Å²) in [5, 5.41) is 11.0. The number of aryl methyl sites for hydroxylation is 1. The summed E-state index contributed by atoms with van der Waals surface area (Å²) in [5.41, 5.74) is -2.58. The SMILES string of the molecule is CCCc1nnc(NC(=O)Cn2cccc(C(F)(F)F)c2=O)s1. The van der Waals surface area contributed by atoms with E-state index in [2.05, 4.69) is 15.5 Å². The van der Waals surface area contributed by atoms with Gasteiger partial charge in [0, 0.05) is 12.6 Å². The van der Waals surface area contributed by atoms with E-state index >= 15 is 0 Å². The summed E-state index contributed by atoms with van der Waals surface area (Å²) in [7, 11) is 0. The number of anilines is 1. The molecule has 2 heterocycles. The van der Waals surface area contributed by atoms with Gasteiger partial charge in [-0.2, -0.15) is 13.2 Å². The molecule has 0 bridgehead atoms. The third-order valence-electron chi connectivity index (χ3n) is 2.82. The van der Waals surface area contributed by atoms with E-state index < -0.39 is 29.8 Å². The van der Waals surface area contributed by atoms with Crippen molar-refractivity contribution in [3.63, 3.8) is 0 Å². The van der Waals surface area contributed by atoms with Gasteiger partial charge >= 0.3 is 6.18 Å². The minimum atomic E-state index is -4.76. The maximum atomic E-state index is 12.7. The van der Waals surface area contributed by atoms with Crippen LogP contribution >= 0.6 is 11.3 Å². The molecule has 0 saturated carbocycles. The number of rotatable bonds is 5. The summed E-state index contributed by atoms with van der Waals surface area (Å²) in [6.07, 6.45) is -2.03. The van der Waals surface area contributed by atoms with Crippen LogP contribution in [0.15, 0.2) is 23.1 Å². The van der Waals surface area contributed by atoms with E-state index in [1.165, 1.54) is 11.3 Å². The highest BCUT2D eigenvalue weighted by Gasteiger charge is 2.34. The highest BCUT2D eigenvalue weighted by atomic mass is 32.1. The van der Waals surface area contributed by atoms with Gasteiger partial charge in [0.05, 0.1) is 0 Å². The summed E-state index contributed by atoms with van der Waals surface area (Å²) in [5.74, 6) is -0.648. The first-order valence-corrected chi connectivity index (χ1v) is 7.51. The van der Waals surface area contributed by atoms with Gasteiger partial charge in [0.15, 0.2) is 0 Å². The molecule has 10 heteroatoms. The van der Waals surface area contributed by atoms with Gasteiger partial charge < -0.3 is 4.57 Å². The van der Waals surface area contributed by atoms with Crippen LogP contribution in [0.5, 0.6) is 0 Å². The van der Waals surface area contributed by atoms with E-state index in [-0.39, 0.29) is 5.13 Å². The molecule has 0 radical (unpaired) electrons. The molecular formula is C13H13F3N4O2S. The molecule has 0 atom stereocenters. The van der Waals surface area contributed by atoms with Gasteiger partial charge in [0.1, 0.15) is 17.1 Å². The van der Waals surface area contributed by atoms with Crippen molar-refractivity contribution in [2.75, 3.05) is 5.32 Å². The Morgan fingerprint density at radius 2 is 2.13 bits per heavy atom. The number of hydrogen-bond acceptors (Lipinski definition) is 5. The van der Waals surface area contributed by atoms with Crippen LogP contribution in [0, 0.1) is 0 Å². The first kappa shape index (κ1) is 17.1. The second kappa shape index (κ2) is 6.90. The summed E-state index contributed by atoms with van der Waals surface area (Å²) in [6, 6.07) is 1.75. The van der Waals surface area contributed by atoms with E-state index in [0.717, 1.165) is 30.1 Å². The van der Waals surface area contributed by atoms with Gasteiger partial charge in [-0.25, -0.2) is 0 Å². The zero-order valence-electron chi connectivity index (χ0n) is 12.1. The quantitative estimate of drug-likeness (QED) is 0.901. The molecule has 2 aromatic heterocycles. The van der Waals surface area contributed by atoms with Crippen LogP contribution < -0.4 is 10.9 Å². The molecule has 0 unspecified atom stereocenters. The fraction of sp³-hybridized carbons (Fsp3) is 0.385. The molecular weight excluding hydrogens is 333 g/mol. The lowest BCUT2D eigenvalue weighted by molar-refractivity contribution is -0.139. The fourth-order valence-corrected chi connectivity index (χ4v) is 2.67. The molecule has 2 rings (SSSR count). The molecule has 1 amide bonds. The van der Waals surface area contributed by atoms with Crippen LogP contribution in [-0.4, -0.2) is 20.7 Å². The van der Waals surface area contributed by atoms with E-state index in [1.807, 2.05) is 6.92 Å². The minimum absolute atomic E-state index is 0.249. The Morgan fingerprint density at radius 1 is 1.39 bits per heavy atom. The van der Waals surface area contributed by atoms with Crippen LogP contribution in [0.1, 0.15) is 23.9 Å². The Hall–Kier alpha value is -2.23. The van der Waals surface area contributed by atoms with Gasteiger partial charge in [0.25, 0.3) is 5.56 Å². The predicted molar refractivity (Wildman–Crippen MR) is 78.2 cm³/mol. The van der Waals surface area contributed by atoms with Gasteiger partial charge in [-0.1, -0.05) is 18.3 Å². The molecule has 0 aromatic carbocycles. The Labute approximate surface area is 133 Å². The first-order chi connectivity index (χ1) is 10.8. The number of aromatic nitrogens is 3. The lowest BCUT2D eigenvalue weighted by Crippen LogP contribution is -2.31. The van der Waals surface area contributed by atoms with Crippen molar-refractivity contribution >= 4 is 22.4 Å². The second-order valence-electron chi connectivity index (χ2n) is 4.65. The number of alkyl halides is 3. The fourth-order valence-electron chi connectivity index (χ4n) is 1.81. The lowest BCUT2D eigenvalue weighted by atomic mass is 10.2. The van der Waals surface area contributed by atoms with Gasteiger partial charge in [-0.15, -0.1) is 10.2 Å². The molecule has 0 aliphatic heterocycles. The predicted octanol–water partition coefficient (Wildman–Crippen LogP) is 2.31. The topological polar surface area (TPSA) is 76.9 Å². The van der Waals surface area contributed by atoms with E-state index in [4.69, 9.17) is 0 Å². The highest BCUT2D eigenvalue weighted by molar-refractivity contribution is 7.15. The maximum Gasteiger partial charge on any atom is 0.421 e. The van der Waals surface area contributed by atoms with Crippen LogP contribution in [0.25, 0.3) is 0 Å². The average molecular weight is 346 g/mol. The van der Waals surface area contributed by atoms with Crippen LogP contribution in [0.2, 0.25) is 0 Å². The van der Waals surface area contributed by atoms with Gasteiger partial charge in [-0.3, -0.25) is 14.9 Å². The minimum Gasteiger partial charge on any atom is -0.306 e. The first-order valence-electron chi connectivity index (χ1n) is 6.70. The second-order valence-corrected chi connectivity index (χ2v) is 5.71. The number of carbonyl (C=O) groups is 1. The average Bonchev–Trinajstić information content (AvgIpc) is 2.87. The third-order valence-corrected chi connectivity index (χ3v) is 3.72. The maximum absolute atomic E-state index is 12.7. The molecule has 2 aromatic rings. The van der Waals surface area contributed by atoms with Crippen molar-refractivity contribution in [1.29, 1.82) is 0 Å². The lowest BCUT2D eigenvalue weighted by Gasteiger charge is -2.09. The van der Waals surface area contributed by atoms with Crippen LogP contribution in [-0.2, 0) is 23.9 Å². The van der Waals surface area contributed by atoms with Crippen LogP contribution in [0.3, 0.4) is 0 Å². The largest absolute Gasteiger partial charge is 0.421 e. The van der Waals surface area contributed by atoms with Crippen molar-refractivity contribution in [3.05, 3.63) is 39.3 Å². The highest BCUT2D eigenvalue weighted by Crippen LogP contribution is 2.26. The molecule has 124 valence electrons. The van der Waals surface area contributed by atoms with E-state index in [1.54, 1.807) is 0 Å². The third kappa shape index (κ3) is 4.38. The number of nitrogens with zero attached hydrogens (tertiary/aromatic N) is 3. The number of halogens is 3. The van der Waals surface area contributed by atoms with Gasteiger partial charge in [0.2, 0.25) is 11.0 Å². The molecule has 0 saturated heterocycles. The van der Waals surface area contributed by atoms with E-state index in [0.29, 0.717) is 10.6 Å². The summed E-state index contributed by atoms with van der Waals surface area (Å²) < 4.78 is 38.7. The Balaban J connectivity index is 2.10. The summed E-state index contributed by atoms with van der Waals surface area (Å²) >= 11 is 1.19. The van der Waals surface area contributed by atoms with Crippen LogP contribution in [0.4, 0.5) is 18.3 Å². The monoisotopic (exact) mass is 346 g/mol. The number of hydrogen-bond donors (Lipinski definition) is 1. The molecule has 0 spiro atoms. The summed E-state index contributed by atoms with van der Waals surface area (Å²) in [4.78, 5) is 23.6. The van der Waals surface area contributed by atoms with Crippen molar-refractivity contribution in [2.24, 2.45) is 0 Å². The molecule has 23 heavy (non-hydrogen) atoms. The number of amides is 1. The van der Waals surface area contributed by atoms with Crippen molar-refractivity contribution in [1.82, 2.24) is 14.8 Å². The summed E-state index contributed by atoms with van der Waals surface area (Å²) in [6.45, 7) is 1.44. The van der Waals surface area contributed by atoms with Crippen molar-refractivity contribution in [3.8, 4) is 0 Å². The zero-order chi connectivity index (χ0) is 17.0. The smallest absolute Gasteiger partial charge is 0.306 e. The van der Waals surface area contributed by atoms with Crippen molar-refractivity contribution < 1.29 is 18.0 Å². The number of nitrogens with one attached hydrogen (secondary N) is 1. The molecule has 0 aliphatic carbocycles. The Kier molecular flexibility index (Phi) is 5.14. The zero-order valence-corrected chi connectivity index (χ0v) is 12.9. The van der Waals surface area contributed by atoms with E-state index in [9.17, 15) is 22.8 Å². The Morgan fingerprint density at radius 3 is 2.78 bits per heavy atom. The molecule has 0 aliphatic rings. The molecule has 1 N–H and O–H groups in total. The normalized spacial score (nSPS) is 11.5. The molecule has 6 nitrogen and oxygen atoms in total. The Bertz CT molecular complexity index is 754. The van der Waals surface area contributed by atoms with Crippen molar-refractivity contribution in [2.45, 2.75) is 32.5 Å². The van der Waals surface area contributed by atoms with Gasteiger partial charge in [-0.05, 0) is 18.6 Å². The molecule has 0 fully saturated rings. The number of carbonyl (C=O) groups excluding carboxylic acids is 1. The number of pyridine rings is 1.